The normalized spacial score (nSPS) is 11.9. The van der Waals surface area contributed by atoms with Gasteiger partial charge in [-0.15, -0.1) is 0 Å². The van der Waals surface area contributed by atoms with Crippen molar-refractivity contribution in [3.05, 3.63) is 36.0 Å². The van der Waals surface area contributed by atoms with Crippen LogP contribution in [0.2, 0.25) is 0 Å². The third kappa shape index (κ3) is 1.60. The number of pyridine rings is 1. The maximum Gasteiger partial charge on any atom is 0.418 e. The Morgan fingerprint density at radius 1 is 1.07 bits per heavy atom. The fourth-order valence-corrected chi connectivity index (χ4v) is 1.44. The Kier molecular flexibility index (Phi) is 2.03. The molecule has 0 radical (unpaired) electrons. The van der Waals surface area contributed by atoms with E-state index >= 15 is 0 Å². The fourth-order valence-electron chi connectivity index (χ4n) is 1.44. The highest BCUT2D eigenvalue weighted by Crippen LogP contribution is 2.35. The molecule has 15 heavy (non-hydrogen) atoms. The Balaban J connectivity index is 2.84. The molecule has 2 N–H and O–H groups in total. The molecule has 0 saturated heterocycles. The van der Waals surface area contributed by atoms with Crippen molar-refractivity contribution < 1.29 is 13.2 Å². The van der Waals surface area contributed by atoms with Gasteiger partial charge >= 0.3 is 6.18 Å². The van der Waals surface area contributed by atoms with E-state index in [1.165, 1.54) is 18.2 Å². The number of nitrogens with zero attached hydrogens (tertiary/aromatic N) is 1. The second-order valence-electron chi connectivity index (χ2n) is 3.10. The van der Waals surface area contributed by atoms with Gasteiger partial charge < -0.3 is 5.73 Å². The molecule has 0 spiro atoms. The molecular formula is C10H7F3N2. The topological polar surface area (TPSA) is 38.9 Å². The first kappa shape index (κ1) is 9.76. The minimum absolute atomic E-state index is 0.0810. The van der Waals surface area contributed by atoms with Crippen LogP contribution in [0.5, 0.6) is 0 Å². The van der Waals surface area contributed by atoms with E-state index in [1.807, 2.05) is 0 Å². The van der Waals surface area contributed by atoms with Gasteiger partial charge in [-0.3, -0.25) is 0 Å². The number of halogens is 3. The van der Waals surface area contributed by atoms with Gasteiger partial charge in [-0.05, 0) is 5.39 Å². The number of nitrogens with two attached hydrogens (primary N) is 1. The summed E-state index contributed by atoms with van der Waals surface area (Å²) in [7, 11) is 0. The van der Waals surface area contributed by atoms with E-state index in [1.54, 1.807) is 6.07 Å². The van der Waals surface area contributed by atoms with Gasteiger partial charge in [-0.25, -0.2) is 4.98 Å². The lowest BCUT2D eigenvalue weighted by Crippen LogP contribution is -2.07. The van der Waals surface area contributed by atoms with Crippen LogP contribution >= 0.6 is 0 Å². The van der Waals surface area contributed by atoms with Crippen LogP contribution < -0.4 is 5.73 Å². The Hall–Kier alpha value is -1.78. The summed E-state index contributed by atoms with van der Waals surface area (Å²) in [5.41, 5.74) is 4.73. The maximum atomic E-state index is 12.6. The van der Waals surface area contributed by atoms with Crippen LogP contribution in [0, 0.1) is 0 Å². The zero-order valence-electron chi connectivity index (χ0n) is 7.55. The number of hydrogen-bond donors (Lipinski definition) is 1. The van der Waals surface area contributed by atoms with Crippen LogP contribution in [0.3, 0.4) is 0 Å². The highest BCUT2D eigenvalue weighted by atomic mass is 19.4. The average Bonchev–Trinajstić information content (AvgIpc) is 2.17. The standard InChI is InChI=1S/C10H7F3N2/c11-10(12,13)8-5-15-9(14)7-4-2-1-3-6(7)8/h1-5H,(H2,14,15). The van der Waals surface area contributed by atoms with Gasteiger partial charge in [0.1, 0.15) is 5.82 Å². The van der Waals surface area contributed by atoms with E-state index in [4.69, 9.17) is 5.73 Å². The number of anilines is 1. The van der Waals surface area contributed by atoms with Gasteiger partial charge in [0.25, 0.3) is 0 Å². The summed E-state index contributed by atoms with van der Waals surface area (Å²) in [4.78, 5) is 3.53. The van der Waals surface area contributed by atoms with Crippen molar-refractivity contribution in [3.63, 3.8) is 0 Å². The van der Waals surface area contributed by atoms with Crippen molar-refractivity contribution in [1.82, 2.24) is 4.98 Å². The van der Waals surface area contributed by atoms with E-state index < -0.39 is 11.7 Å². The smallest absolute Gasteiger partial charge is 0.383 e. The van der Waals surface area contributed by atoms with Gasteiger partial charge in [0.15, 0.2) is 0 Å². The lowest BCUT2D eigenvalue weighted by molar-refractivity contribution is -0.136. The summed E-state index contributed by atoms with van der Waals surface area (Å²) in [6.45, 7) is 0. The number of aromatic nitrogens is 1. The number of hydrogen-bond acceptors (Lipinski definition) is 2. The van der Waals surface area contributed by atoms with Gasteiger partial charge in [-0.2, -0.15) is 13.2 Å². The summed E-state index contributed by atoms with van der Waals surface area (Å²) in [6, 6.07) is 6.07. The highest BCUT2D eigenvalue weighted by Gasteiger charge is 2.33. The molecule has 0 saturated carbocycles. The summed E-state index contributed by atoms with van der Waals surface area (Å²) in [6.07, 6.45) is -3.64. The second-order valence-corrected chi connectivity index (χ2v) is 3.10. The van der Waals surface area contributed by atoms with Crippen molar-refractivity contribution in [2.75, 3.05) is 5.73 Å². The molecule has 1 aromatic heterocycles. The largest absolute Gasteiger partial charge is 0.418 e. The second kappa shape index (κ2) is 3.12. The van der Waals surface area contributed by atoms with Crippen LogP contribution in [0.15, 0.2) is 30.5 Å². The summed E-state index contributed by atoms with van der Waals surface area (Å²) in [5.74, 6) is 0.110. The number of rotatable bonds is 0. The van der Waals surface area contributed by atoms with Gasteiger partial charge in [-0.1, -0.05) is 24.3 Å². The van der Waals surface area contributed by atoms with Crippen LogP contribution in [0.4, 0.5) is 19.0 Å². The van der Waals surface area contributed by atoms with Crippen molar-refractivity contribution >= 4 is 16.6 Å². The molecule has 0 amide bonds. The molecule has 2 rings (SSSR count). The van der Waals surface area contributed by atoms with Crippen LogP contribution in [-0.4, -0.2) is 4.98 Å². The lowest BCUT2D eigenvalue weighted by Gasteiger charge is -2.10. The van der Waals surface area contributed by atoms with Gasteiger partial charge in [0.05, 0.1) is 5.56 Å². The quantitative estimate of drug-likeness (QED) is 0.729. The molecule has 1 aromatic carbocycles. The SMILES string of the molecule is Nc1ncc(C(F)(F)F)c2ccccc12. The molecule has 0 aliphatic rings. The predicted molar refractivity (Wildman–Crippen MR) is 51.2 cm³/mol. The lowest BCUT2D eigenvalue weighted by atomic mass is 10.1. The fraction of sp³-hybridized carbons (Fsp3) is 0.100. The van der Waals surface area contributed by atoms with Crippen molar-refractivity contribution in [2.45, 2.75) is 6.18 Å². The third-order valence-corrected chi connectivity index (χ3v) is 2.13. The Morgan fingerprint density at radius 2 is 1.67 bits per heavy atom. The third-order valence-electron chi connectivity index (χ3n) is 2.13. The van der Waals surface area contributed by atoms with E-state index in [-0.39, 0.29) is 11.2 Å². The average molecular weight is 212 g/mol. The molecule has 78 valence electrons. The minimum atomic E-state index is -4.40. The molecule has 2 nitrogen and oxygen atoms in total. The molecule has 0 bridgehead atoms. The first-order valence-electron chi connectivity index (χ1n) is 4.20. The zero-order valence-corrected chi connectivity index (χ0v) is 7.55. The maximum absolute atomic E-state index is 12.6. The van der Waals surface area contributed by atoms with Crippen LogP contribution in [0.25, 0.3) is 10.8 Å². The molecule has 0 fully saturated rings. The van der Waals surface area contributed by atoms with Gasteiger partial charge in [0, 0.05) is 11.6 Å². The Labute approximate surface area is 83.5 Å². The molecule has 0 atom stereocenters. The number of nitrogen functional groups attached to an aromatic ring is 1. The van der Waals surface area contributed by atoms with Crippen molar-refractivity contribution in [1.29, 1.82) is 0 Å². The molecule has 0 aliphatic heterocycles. The zero-order chi connectivity index (χ0) is 11.1. The van der Waals surface area contributed by atoms with E-state index in [0.717, 1.165) is 6.20 Å². The number of fused-ring (bicyclic) bond motifs is 1. The predicted octanol–water partition coefficient (Wildman–Crippen LogP) is 2.84. The number of alkyl halides is 3. The summed E-state index contributed by atoms with van der Waals surface area (Å²) in [5, 5.41) is 0.407. The first-order chi connectivity index (χ1) is 7.00. The van der Waals surface area contributed by atoms with Crippen LogP contribution in [-0.2, 0) is 6.18 Å². The van der Waals surface area contributed by atoms with Crippen molar-refractivity contribution in [2.24, 2.45) is 0 Å². The summed E-state index contributed by atoms with van der Waals surface area (Å²) < 4.78 is 37.7. The molecule has 5 heteroatoms. The minimum Gasteiger partial charge on any atom is -0.383 e. The highest BCUT2D eigenvalue weighted by molar-refractivity contribution is 5.93. The first-order valence-corrected chi connectivity index (χ1v) is 4.20. The molecule has 2 aromatic rings. The molecule has 0 aliphatic carbocycles. The summed E-state index contributed by atoms with van der Waals surface area (Å²) >= 11 is 0. The van der Waals surface area contributed by atoms with Crippen molar-refractivity contribution in [3.8, 4) is 0 Å². The molecular weight excluding hydrogens is 205 g/mol. The monoisotopic (exact) mass is 212 g/mol. The molecule has 1 heterocycles. The van der Waals surface area contributed by atoms with E-state index in [0.29, 0.717) is 5.39 Å². The Bertz CT molecular complexity index is 505. The van der Waals surface area contributed by atoms with Gasteiger partial charge in [0.2, 0.25) is 0 Å². The van der Waals surface area contributed by atoms with E-state index in [9.17, 15) is 13.2 Å². The van der Waals surface area contributed by atoms with Crippen LogP contribution in [0.1, 0.15) is 5.56 Å². The van der Waals surface area contributed by atoms with E-state index in [2.05, 4.69) is 4.98 Å². The molecule has 0 unspecified atom stereocenters. The Morgan fingerprint density at radius 3 is 2.27 bits per heavy atom. The number of benzene rings is 1.